The summed E-state index contributed by atoms with van der Waals surface area (Å²) in [5, 5.41) is 5.38. The summed E-state index contributed by atoms with van der Waals surface area (Å²) in [6.45, 7) is 3.84. The smallest absolute Gasteiger partial charge is 0.315 e. The number of carbonyl (C=O) groups excluding carboxylic acids is 3. The van der Waals surface area contributed by atoms with Crippen molar-refractivity contribution >= 4 is 29.2 Å². The lowest BCUT2D eigenvalue weighted by Crippen LogP contribution is -2.18. The molecule has 0 heterocycles. The summed E-state index contributed by atoms with van der Waals surface area (Å²) in [5.41, 5.74) is 2.57. The van der Waals surface area contributed by atoms with Crippen molar-refractivity contribution in [2.45, 2.75) is 20.3 Å². The van der Waals surface area contributed by atoms with E-state index in [0.29, 0.717) is 16.9 Å². The summed E-state index contributed by atoms with van der Waals surface area (Å²) in [4.78, 5) is 35.4. The molecule has 25 heavy (non-hydrogen) atoms. The Bertz CT molecular complexity index is 786. The molecule has 0 bridgehead atoms. The number of nitrogens with one attached hydrogen (secondary N) is 2. The minimum atomic E-state index is -0.589. The Balaban J connectivity index is 2.01. The van der Waals surface area contributed by atoms with E-state index < -0.39 is 11.9 Å². The third-order valence-electron chi connectivity index (χ3n) is 3.29. The molecule has 2 N–H and O–H groups in total. The maximum absolute atomic E-state index is 12.3. The number of rotatable bonds is 6. The molecule has 0 spiro atoms. The highest BCUT2D eigenvalue weighted by Gasteiger charge is 2.12. The number of esters is 1. The third kappa shape index (κ3) is 5.76. The zero-order chi connectivity index (χ0) is 18.2. The molecule has 0 aliphatic heterocycles. The SMILES string of the molecule is CCOC(=O)CC(=O)Nc1cccc(C(=O)Nc2cccc(C)c2)c1. The van der Waals surface area contributed by atoms with Crippen molar-refractivity contribution in [2.75, 3.05) is 17.2 Å². The van der Waals surface area contributed by atoms with Crippen molar-refractivity contribution in [1.82, 2.24) is 0 Å². The van der Waals surface area contributed by atoms with Gasteiger partial charge in [0.1, 0.15) is 6.42 Å². The molecule has 6 nitrogen and oxygen atoms in total. The van der Waals surface area contributed by atoms with E-state index in [9.17, 15) is 14.4 Å². The lowest BCUT2D eigenvalue weighted by molar-refractivity contribution is -0.145. The van der Waals surface area contributed by atoms with Gasteiger partial charge in [-0.25, -0.2) is 0 Å². The monoisotopic (exact) mass is 340 g/mol. The fraction of sp³-hybridized carbons (Fsp3) is 0.211. The van der Waals surface area contributed by atoms with Gasteiger partial charge >= 0.3 is 5.97 Å². The number of hydrogen-bond donors (Lipinski definition) is 2. The number of anilines is 2. The van der Waals surface area contributed by atoms with E-state index in [2.05, 4.69) is 10.6 Å². The molecule has 0 aromatic heterocycles. The molecule has 130 valence electrons. The van der Waals surface area contributed by atoms with Crippen LogP contribution in [0.4, 0.5) is 11.4 Å². The van der Waals surface area contributed by atoms with Crippen LogP contribution in [-0.2, 0) is 14.3 Å². The molecule has 2 rings (SSSR count). The molecule has 0 atom stereocenters. The molecule has 2 aromatic carbocycles. The minimum absolute atomic E-state index is 0.223. The molecule has 0 radical (unpaired) electrons. The molecule has 0 fully saturated rings. The maximum atomic E-state index is 12.3. The molecule has 0 saturated heterocycles. The number of amides is 2. The van der Waals surface area contributed by atoms with Crippen LogP contribution in [0.1, 0.15) is 29.3 Å². The zero-order valence-corrected chi connectivity index (χ0v) is 14.2. The Kier molecular flexibility index (Phi) is 6.28. The Morgan fingerprint density at radius 3 is 2.32 bits per heavy atom. The van der Waals surface area contributed by atoms with Crippen LogP contribution in [0.15, 0.2) is 48.5 Å². The van der Waals surface area contributed by atoms with Gasteiger partial charge in [0.15, 0.2) is 0 Å². The fourth-order valence-corrected chi connectivity index (χ4v) is 2.21. The van der Waals surface area contributed by atoms with Gasteiger partial charge in [-0.05, 0) is 49.7 Å². The van der Waals surface area contributed by atoms with Gasteiger partial charge in [-0.3, -0.25) is 14.4 Å². The lowest BCUT2D eigenvalue weighted by atomic mass is 10.1. The van der Waals surface area contributed by atoms with E-state index in [0.717, 1.165) is 5.56 Å². The third-order valence-corrected chi connectivity index (χ3v) is 3.29. The number of aryl methyl sites for hydroxylation is 1. The van der Waals surface area contributed by atoms with Gasteiger partial charge in [0, 0.05) is 16.9 Å². The highest BCUT2D eigenvalue weighted by Crippen LogP contribution is 2.15. The summed E-state index contributed by atoms with van der Waals surface area (Å²) < 4.78 is 4.72. The molecule has 6 heteroatoms. The van der Waals surface area contributed by atoms with Gasteiger partial charge in [-0.2, -0.15) is 0 Å². The summed E-state index contributed by atoms with van der Waals surface area (Å²) in [7, 11) is 0. The largest absolute Gasteiger partial charge is 0.466 e. The first-order valence-corrected chi connectivity index (χ1v) is 7.91. The highest BCUT2D eigenvalue weighted by molar-refractivity contribution is 6.06. The Morgan fingerprint density at radius 1 is 0.960 bits per heavy atom. The van der Waals surface area contributed by atoms with Gasteiger partial charge in [0.2, 0.25) is 5.91 Å². The van der Waals surface area contributed by atoms with E-state index in [1.54, 1.807) is 37.3 Å². The van der Waals surface area contributed by atoms with Gasteiger partial charge < -0.3 is 15.4 Å². The molecule has 0 aliphatic carbocycles. The van der Waals surface area contributed by atoms with E-state index in [-0.39, 0.29) is 18.9 Å². The van der Waals surface area contributed by atoms with E-state index in [4.69, 9.17) is 4.74 Å². The van der Waals surface area contributed by atoms with Crippen LogP contribution in [0.5, 0.6) is 0 Å². The van der Waals surface area contributed by atoms with Crippen molar-refractivity contribution in [3.8, 4) is 0 Å². The summed E-state index contributed by atoms with van der Waals surface area (Å²) in [6.07, 6.45) is -0.368. The van der Waals surface area contributed by atoms with E-state index >= 15 is 0 Å². The molecular weight excluding hydrogens is 320 g/mol. The van der Waals surface area contributed by atoms with Gasteiger partial charge in [0.05, 0.1) is 6.61 Å². The fourth-order valence-electron chi connectivity index (χ4n) is 2.21. The number of hydrogen-bond acceptors (Lipinski definition) is 4. The quantitative estimate of drug-likeness (QED) is 0.625. The highest BCUT2D eigenvalue weighted by atomic mass is 16.5. The molecule has 0 unspecified atom stereocenters. The molecule has 2 amide bonds. The average Bonchev–Trinajstić information content (AvgIpc) is 2.55. The summed E-state index contributed by atoms with van der Waals surface area (Å²) in [6, 6.07) is 14.0. The first kappa shape index (κ1) is 18.2. The van der Waals surface area contributed by atoms with Crippen molar-refractivity contribution in [1.29, 1.82) is 0 Å². The van der Waals surface area contributed by atoms with Crippen molar-refractivity contribution < 1.29 is 19.1 Å². The predicted octanol–water partition coefficient (Wildman–Crippen LogP) is 3.14. The van der Waals surface area contributed by atoms with E-state index in [1.807, 2.05) is 25.1 Å². The normalized spacial score (nSPS) is 10.0. The van der Waals surface area contributed by atoms with Crippen molar-refractivity contribution in [3.63, 3.8) is 0 Å². The van der Waals surface area contributed by atoms with E-state index in [1.165, 1.54) is 0 Å². The van der Waals surface area contributed by atoms with Gasteiger partial charge in [-0.15, -0.1) is 0 Å². The second kappa shape index (κ2) is 8.63. The second-order valence-corrected chi connectivity index (χ2v) is 5.43. The van der Waals surface area contributed by atoms with Crippen molar-refractivity contribution in [2.24, 2.45) is 0 Å². The Hall–Kier alpha value is -3.15. The van der Waals surface area contributed by atoms with Crippen LogP contribution in [0.25, 0.3) is 0 Å². The first-order chi connectivity index (χ1) is 12.0. The average molecular weight is 340 g/mol. The number of benzene rings is 2. The standard InChI is InChI=1S/C19H20N2O4/c1-3-25-18(23)12-17(22)20-16-9-5-7-14(11-16)19(24)21-15-8-4-6-13(2)10-15/h4-11H,3,12H2,1-2H3,(H,20,22)(H,21,24). The summed E-state index contributed by atoms with van der Waals surface area (Å²) in [5.74, 6) is -1.37. The molecule has 2 aromatic rings. The zero-order valence-electron chi connectivity index (χ0n) is 14.2. The molecular formula is C19H20N2O4. The number of ether oxygens (including phenoxy) is 1. The Labute approximate surface area is 146 Å². The maximum Gasteiger partial charge on any atom is 0.315 e. The van der Waals surface area contributed by atoms with Crippen LogP contribution in [-0.4, -0.2) is 24.4 Å². The number of carbonyl (C=O) groups is 3. The predicted molar refractivity (Wildman–Crippen MR) is 95.5 cm³/mol. The lowest BCUT2D eigenvalue weighted by Gasteiger charge is -2.09. The van der Waals surface area contributed by atoms with Crippen LogP contribution in [0.2, 0.25) is 0 Å². The van der Waals surface area contributed by atoms with Crippen molar-refractivity contribution in [3.05, 3.63) is 59.7 Å². The topological polar surface area (TPSA) is 84.5 Å². The van der Waals surface area contributed by atoms with Gasteiger partial charge in [0.25, 0.3) is 5.91 Å². The first-order valence-electron chi connectivity index (χ1n) is 7.91. The van der Waals surface area contributed by atoms with Crippen LogP contribution in [0.3, 0.4) is 0 Å². The second-order valence-electron chi connectivity index (χ2n) is 5.43. The van der Waals surface area contributed by atoms with Gasteiger partial charge in [-0.1, -0.05) is 18.2 Å². The summed E-state index contributed by atoms with van der Waals surface area (Å²) >= 11 is 0. The van der Waals surface area contributed by atoms with Crippen LogP contribution >= 0.6 is 0 Å². The minimum Gasteiger partial charge on any atom is -0.466 e. The Morgan fingerprint density at radius 2 is 1.64 bits per heavy atom. The molecule has 0 saturated carbocycles. The van der Waals surface area contributed by atoms with Crippen LogP contribution in [0, 0.1) is 6.92 Å². The van der Waals surface area contributed by atoms with Crippen LogP contribution < -0.4 is 10.6 Å². The molecule has 0 aliphatic rings.